The van der Waals surface area contributed by atoms with Crippen LogP contribution in [-0.4, -0.2) is 46.0 Å². The molecule has 0 atom stereocenters. The Balaban J connectivity index is 1.96. The number of ether oxygens (including phenoxy) is 1. The number of nitrogens with one attached hydrogen (secondary N) is 1. The quantitative estimate of drug-likeness (QED) is 0.270. The van der Waals surface area contributed by atoms with Crippen LogP contribution in [0.5, 0.6) is 0 Å². The molecule has 0 aliphatic carbocycles. The van der Waals surface area contributed by atoms with Gasteiger partial charge in [-0.3, -0.25) is 19.7 Å². The maximum atomic E-state index is 12.4. The average Bonchev–Trinajstić information content (AvgIpc) is 3.11. The van der Waals surface area contributed by atoms with E-state index in [0.717, 1.165) is 16.3 Å². The van der Waals surface area contributed by atoms with Crippen LogP contribution in [0, 0.1) is 24.0 Å². The van der Waals surface area contributed by atoms with Gasteiger partial charge in [-0.15, -0.1) is 0 Å². The second-order valence-corrected chi connectivity index (χ2v) is 6.39. The highest BCUT2D eigenvalue weighted by Gasteiger charge is 2.35. The summed E-state index contributed by atoms with van der Waals surface area (Å²) in [6.45, 7) is 3.14. The Hall–Kier alpha value is -3.95. The molecule has 10 heteroatoms. The predicted molar refractivity (Wildman–Crippen MR) is 102 cm³/mol. The van der Waals surface area contributed by atoms with Crippen molar-refractivity contribution in [3.63, 3.8) is 0 Å². The van der Waals surface area contributed by atoms with E-state index >= 15 is 0 Å². The Bertz CT molecular complexity index is 1070. The minimum Gasteiger partial charge on any atom is -0.468 e. The number of aryl methyl sites for hydroxylation is 1. The molecule has 1 aromatic carbocycles. The number of non-ortho nitro benzene ring substituents is 1. The van der Waals surface area contributed by atoms with Gasteiger partial charge < -0.3 is 14.6 Å². The lowest BCUT2D eigenvalue weighted by atomic mass is 10.2. The van der Waals surface area contributed by atoms with Crippen molar-refractivity contribution >= 4 is 29.7 Å². The number of urea groups is 1. The lowest BCUT2D eigenvalue weighted by molar-refractivity contribution is -0.384. The second kappa shape index (κ2) is 7.58. The normalized spacial score (nSPS) is 15.0. The summed E-state index contributed by atoms with van der Waals surface area (Å²) in [7, 11) is 1.17. The van der Waals surface area contributed by atoms with Gasteiger partial charge in [-0.25, -0.2) is 9.69 Å². The van der Waals surface area contributed by atoms with Crippen molar-refractivity contribution in [2.75, 3.05) is 13.7 Å². The number of amides is 3. The van der Waals surface area contributed by atoms with E-state index in [2.05, 4.69) is 10.1 Å². The summed E-state index contributed by atoms with van der Waals surface area (Å²) in [5.74, 6) is -1.35. The van der Waals surface area contributed by atoms with Crippen LogP contribution in [0.3, 0.4) is 0 Å². The van der Waals surface area contributed by atoms with E-state index < -0.39 is 29.4 Å². The monoisotopic (exact) mass is 398 g/mol. The van der Waals surface area contributed by atoms with Crippen LogP contribution in [0.15, 0.2) is 36.0 Å². The summed E-state index contributed by atoms with van der Waals surface area (Å²) < 4.78 is 6.30. The minimum atomic E-state index is -0.710. The first kappa shape index (κ1) is 19.8. The number of hydrogen-bond donors (Lipinski definition) is 1. The maximum absolute atomic E-state index is 12.4. The van der Waals surface area contributed by atoms with Crippen molar-refractivity contribution in [2.24, 2.45) is 0 Å². The molecule has 1 aromatic heterocycles. The molecule has 0 unspecified atom stereocenters. The zero-order valence-electron chi connectivity index (χ0n) is 16.0. The van der Waals surface area contributed by atoms with Crippen LogP contribution in [0.4, 0.5) is 10.5 Å². The first-order chi connectivity index (χ1) is 13.7. The molecule has 0 saturated carbocycles. The first-order valence-corrected chi connectivity index (χ1v) is 8.58. The molecule has 2 aromatic rings. The smallest absolute Gasteiger partial charge is 0.329 e. The van der Waals surface area contributed by atoms with Crippen LogP contribution < -0.4 is 5.32 Å². The Morgan fingerprint density at radius 2 is 2.00 bits per heavy atom. The molecule has 1 fully saturated rings. The van der Waals surface area contributed by atoms with Crippen LogP contribution in [-0.2, 0) is 14.3 Å². The van der Waals surface area contributed by atoms with E-state index in [9.17, 15) is 24.5 Å². The number of hydrogen-bond acceptors (Lipinski definition) is 6. The molecular weight excluding hydrogens is 380 g/mol. The van der Waals surface area contributed by atoms with Gasteiger partial charge in [0.05, 0.1) is 17.7 Å². The van der Waals surface area contributed by atoms with E-state index in [1.807, 2.05) is 11.5 Å². The Labute approximate surface area is 165 Å². The van der Waals surface area contributed by atoms with E-state index in [4.69, 9.17) is 0 Å². The Kier molecular flexibility index (Phi) is 5.18. The summed E-state index contributed by atoms with van der Waals surface area (Å²) >= 11 is 0. The lowest BCUT2D eigenvalue weighted by Crippen LogP contribution is -2.36. The van der Waals surface area contributed by atoms with Crippen LogP contribution in [0.1, 0.15) is 17.0 Å². The molecule has 150 valence electrons. The number of nitro groups is 1. The number of aromatic nitrogens is 1. The molecule has 1 aliphatic heterocycles. The number of rotatable bonds is 5. The molecule has 3 rings (SSSR count). The Morgan fingerprint density at radius 3 is 2.66 bits per heavy atom. The van der Waals surface area contributed by atoms with Crippen molar-refractivity contribution in [2.45, 2.75) is 13.8 Å². The fourth-order valence-corrected chi connectivity index (χ4v) is 3.14. The van der Waals surface area contributed by atoms with E-state index in [1.54, 1.807) is 25.1 Å². The number of imide groups is 1. The van der Waals surface area contributed by atoms with Gasteiger partial charge in [-0.1, -0.05) is 6.07 Å². The van der Waals surface area contributed by atoms with Crippen LogP contribution >= 0.6 is 0 Å². The third-order valence-corrected chi connectivity index (χ3v) is 4.55. The molecule has 2 heterocycles. The summed E-state index contributed by atoms with van der Waals surface area (Å²) in [5, 5.41) is 13.5. The van der Waals surface area contributed by atoms with Gasteiger partial charge >= 0.3 is 12.0 Å². The van der Waals surface area contributed by atoms with Gasteiger partial charge in [-0.05, 0) is 37.6 Å². The molecule has 1 saturated heterocycles. The lowest BCUT2D eigenvalue weighted by Gasteiger charge is -2.09. The second-order valence-electron chi connectivity index (χ2n) is 6.39. The zero-order valence-corrected chi connectivity index (χ0v) is 16.0. The molecule has 10 nitrogen and oxygen atoms in total. The molecule has 0 radical (unpaired) electrons. The molecule has 29 heavy (non-hydrogen) atoms. The van der Waals surface area contributed by atoms with Gasteiger partial charge in [0.15, 0.2) is 0 Å². The molecule has 3 amide bonds. The summed E-state index contributed by atoms with van der Waals surface area (Å²) in [5.41, 5.74) is 2.76. The number of nitro benzene ring substituents is 1. The third kappa shape index (κ3) is 3.72. The molecule has 0 bridgehead atoms. The SMILES string of the molecule is COC(=O)CN1C(=O)NC(=Cc2cc(C)n(-c3cccc([N+](=O)[O-])c3)c2C)C1=O. The van der Waals surface area contributed by atoms with Crippen molar-refractivity contribution in [3.8, 4) is 5.69 Å². The highest BCUT2D eigenvalue weighted by molar-refractivity contribution is 6.15. The van der Waals surface area contributed by atoms with Gasteiger partial charge in [0.1, 0.15) is 12.2 Å². The standard InChI is InChI=1S/C19H18N4O6/c1-11-7-13(8-16-18(25)21(19(26)20-16)10-17(24)29-3)12(2)22(11)14-5-4-6-15(9-14)23(27)28/h4-9H,10H2,1-3H3,(H,20,26). The Morgan fingerprint density at radius 1 is 1.28 bits per heavy atom. The molecule has 1 aliphatic rings. The van der Waals surface area contributed by atoms with Crippen LogP contribution in [0.2, 0.25) is 0 Å². The fourth-order valence-electron chi connectivity index (χ4n) is 3.14. The summed E-state index contributed by atoms with van der Waals surface area (Å²) in [6, 6.07) is 7.28. The van der Waals surface area contributed by atoms with Crippen molar-refractivity contribution in [3.05, 3.63) is 63.1 Å². The maximum Gasteiger partial charge on any atom is 0.329 e. The summed E-state index contributed by atoms with van der Waals surface area (Å²) in [6.07, 6.45) is 1.51. The number of methoxy groups -OCH3 is 1. The highest BCUT2D eigenvalue weighted by Crippen LogP contribution is 2.26. The van der Waals surface area contributed by atoms with Crippen molar-refractivity contribution < 1.29 is 24.0 Å². The first-order valence-electron chi connectivity index (χ1n) is 8.58. The molecule has 1 N–H and O–H groups in total. The zero-order chi connectivity index (χ0) is 21.3. The number of benzene rings is 1. The minimum absolute atomic E-state index is 0.0261. The van der Waals surface area contributed by atoms with Gasteiger partial charge in [0.25, 0.3) is 11.6 Å². The van der Waals surface area contributed by atoms with Gasteiger partial charge in [-0.2, -0.15) is 0 Å². The van der Waals surface area contributed by atoms with E-state index in [1.165, 1.54) is 25.3 Å². The van der Waals surface area contributed by atoms with Crippen LogP contribution in [0.25, 0.3) is 11.8 Å². The predicted octanol–water partition coefficient (Wildman–Crippen LogP) is 2.07. The average molecular weight is 398 g/mol. The largest absolute Gasteiger partial charge is 0.468 e. The number of carbonyl (C=O) groups excluding carboxylic acids is 3. The molecular formula is C19H18N4O6. The van der Waals surface area contributed by atoms with Crippen molar-refractivity contribution in [1.82, 2.24) is 14.8 Å². The van der Waals surface area contributed by atoms with Gasteiger partial charge in [0.2, 0.25) is 0 Å². The summed E-state index contributed by atoms with van der Waals surface area (Å²) in [4.78, 5) is 47.2. The fraction of sp³-hybridized carbons (Fsp3) is 0.211. The van der Waals surface area contributed by atoms with E-state index in [-0.39, 0.29) is 11.4 Å². The number of nitrogens with zero attached hydrogens (tertiary/aromatic N) is 3. The van der Waals surface area contributed by atoms with Crippen molar-refractivity contribution in [1.29, 1.82) is 0 Å². The number of esters is 1. The number of carbonyl (C=O) groups is 3. The van der Waals surface area contributed by atoms with E-state index in [0.29, 0.717) is 11.3 Å². The third-order valence-electron chi connectivity index (χ3n) is 4.55. The topological polar surface area (TPSA) is 124 Å². The highest BCUT2D eigenvalue weighted by atomic mass is 16.6. The van der Waals surface area contributed by atoms with Gasteiger partial charge in [0, 0.05) is 23.5 Å². The molecule has 0 spiro atoms.